The first kappa shape index (κ1) is 27.5. The van der Waals surface area contributed by atoms with Gasteiger partial charge in [0.15, 0.2) is 11.5 Å². The maximum absolute atomic E-state index is 10.4. The van der Waals surface area contributed by atoms with Gasteiger partial charge in [0.25, 0.3) is 0 Å². The van der Waals surface area contributed by atoms with Gasteiger partial charge in [-0.3, -0.25) is 9.80 Å². The van der Waals surface area contributed by atoms with Gasteiger partial charge in [-0.1, -0.05) is 39.0 Å². The van der Waals surface area contributed by atoms with Crippen molar-refractivity contribution in [2.75, 3.05) is 46.1 Å². The third-order valence-corrected chi connectivity index (χ3v) is 5.94. The van der Waals surface area contributed by atoms with Crippen LogP contribution in [0.2, 0.25) is 0 Å². The predicted octanol–water partition coefficient (Wildman–Crippen LogP) is 4.11. The van der Waals surface area contributed by atoms with E-state index in [1.54, 1.807) is 0 Å². The molecule has 1 unspecified atom stereocenters. The second kappa shape index (κ2) is 12.1. The van der Waals surface area contributed by atoms with Crippen LogP contribution in [0.25, 0.3) is 0 Å². The lowest BCUT2D eigenvalue weighted by molar-refractivity contribution is 0.0446. The fourth-order valence-electron chi connectivity index (χ4n) is 4.02. The second-order valence-electron chi connectivity index (χ2n) is 9.50. The van der Waals surface area contributed by atoms with Crippen LogP contribution in [0.5, 0.6) is 17.2 Å². The Labute approximate surface area is 209 Å². The lowest BCUT2D eigenvalue weighted by Crippen LogP contribution is -2.48. The van der Waals surface area contributed by atoms with E-state index in [1.165, 1.54) is 11.1 Å². The number of aliphatic hydroxyl groups is 1. The van der Waals surface area contributed by atoms with Crippen LogP contribution in [0.4, 0.5) is 0 Å². The predicted molar refractivity (Wildman–Crippen MR) is 135 cm³/mol. The number of piperazine rings is 1. The van der Waals surface area contributed by atoms with E-state index >= 15 is 0 Å². The number of ether oxygens (including phenoxy) is 3. The number of fused-ring (bicyclic) bond motifs is 1. The Balaban J connectivity index is 0.00000193. The van der Waals surface area contributed by atoms with Crippen molar-refractivity contribution in [1.82, 2.24) is 9.80 Å². The summed E-state index contributed by atoms with van der Waals surface area (Å²) in [7, 11) is 0. The third-order valence-electron chi connectivity index (χ3n) is 5.94. The molecular formula is C25H36Cl2N2O4. The molecule has 2 heterocycles. The third kappa shape index (κ3) is 7.66. The molecule has 2 aromatic carbocycles. The van der Waals surface area contributed by atoms with Gasteiger partial charge in [0.1, 0.15) is 18.5 Å². The average molecular weight is 499 g/mol. The van der Waals surface area contributed by atoms with E-state index in [0.717, 1.165) is 50.0 Å². The lowest BCUT2D eigenvalue weighted by atomic mass is 9.87. The molecule has 4 rings (SSSR count). The molecule has 0 aliphatic carbocycles. The lowest BCUT2D eigenvalue weighted by Gasteiger charge is -2.35. The van der Waals surface area contributed by atoms with E-state index in [4.69, 9.17) is 14.2 Å². The summed E-state index contributed by atoms with van der Waals surface area (Å²) < 4.78 is 16.7. The molecule has 2 aromatic rings. The van der Waals surface area contributed by atoms with Crippen LogP contribution in [-0.2, 0) is 12.0 Å². The van der Waals surface area contributed by atoms with E-state index in [2.05, 4.69) is 54.8 Å². The van der Waals surface area contributed by atoms with Crippen LogP contribution in [0, 0.1) is 0 Å². The average Bonchev–Trinajstić information content (AvgIpc) is 3.21. The molecule has 1 saturated heterocycles. The maximum atomic E-state index is 10.4. The minimum absolute atomic E-state index is 0. The summed E-state index contributed by atoms with van der Waals surface area (Å²) in [6, 6.07) is 14.3. The number of β-amino-alcohol motifs (C(OH)–C–C–N with tert-alkyl or cyclic N) is 1. The van der Waals surface area contributed by atoms with E-state index in [9.17, 15) is 5.11 Å². The van der Waals surface area contributed by atoms with Crippen molar-refractivity contribution in [3.05, 3.63) is 53.6 Å². The number of rotatable bonds is 7. The first-order chi connectivity index (χ1) is 14.9. The molecule has 33 heavy (non-hydrogen) atoms. The molecule has 184 valence electrons. The van der Waals surface area contributed by atoms with E-state index in [0.29, 0.717) is 19.9 Å². The highest BCUT2D eigenvalue weighted by Crippen LogP contribution is 2.33. The van der Waals surface area contributed by atoms with Crippen LogP contribution in [0.1, 0.15) is 31.9 Å². The van der Waals surface area contributed by atoms with Gasteiger partial charge in [0.2, 0.25) is 6.79 Å². The Morgan fingerprint density at radius 3 is 2.21 bits per heavy atom. The number of aliphatic hydroxyl groups excluding tert-OH is 1. The summed E-state index contributed by atoms with van der Waals surface area (Å²) in [6.45, 7) is 12.6. The molecule has 1 fully saturated rings. The van der Waals surface area contributed by atoms with Crippen LogP contribution < -0.4 is 14.2 Å². The molecule has 0 bridgehead atoms. The number of hydrogen-bond donors (Lipinski definition) is 1. The number of benzene rings is 2. The zero-order chi connectivity index (χ0) is 21.8. The second-order valence-corrected chi connectivity index (χ2v) is 9.50. The van der Waals surface area contributed by atoms with Crippen molar-refractivity contribution in [3.63, 3.8) is 0 Å². The van der Waals surface area contributed by atoms with Gasteiger partial charge in [0, 0.05) is 39.3 Å². The minimum Gasteiger partial charge on any atom is -0.491 e. The van der Waals surface area contributed by atoms with Gasteiger partial charge < -0.3 is 19.3 Å². The molecule has 0 saturated carbocycles. The van der Waals surface area contributed by atoms with Crippen LogP contribution in [-0.4, -0.2) is 67.1 Å². The molecule has 0 amide bonds. The highest BCUT2D eigenvalue weighted by Gasteiger charge is 2.21. The first-order valence-corrected chi connectivity index (χ1v) is 11.1. The largest absolute Gasteiger partial charge is 0.491 e. The molecule has 8 heteroatoms. The SMILES string of the molecule is CC(C)(C)c1ccc(OCC(O)CN2CCN(Cc3ccc4c(c3)OCO4)CC2)cc1.Cl.Cl. The van der Waals surface area contributed by atoms with E-state index < -0.39 is 6.10 Å². The normalized spacial score (nSPS) is 17.1. The topological polar surface area (TPSA) is 54.4 Å². The van der Waals surface area contributed by atoms with Crippen molar-refractivity contribution in [3.8, 4) is 17.2 Å². The summed E-state index contributed by atoms with van der Waals surface area (Å²) in [5.74, 6) is 2.47. The summed E-state index contributed by atoms with van der Waals surface area (Å²) in [5.41, 5.74) is 2.64. The van der Waals surface area contributed by atoms with Crippen molar-refractivity contribution in [2.45, 2.75) is 38.8 Å². The minimum atomic E-state index is -0.497. The Morgan fingerprint density at radius 1 is 0.909 bits per heavy atom. The standard InChI is InChI=1S/C25H34N2O4.2ClH/c1-25(2,3)20-5-7-22(8-6-20)29-17-21(28)16-27-12-10-26(11-13-27)15-19-4-9-23-24(14-19)31-18-30-23;;/h4-9,14,21,28H,10-13,15-18H2,1-3H3;2*1H. The Morgan fingerprint density at radius 2 is 1.55 bits per heavy atom. The first-order valence-electron chi connectivity index (χ1n) is 11.1. The van der Waals surface area contributed by atoms with Gasteiger partial charge in [-0.25, -0.2) is 0 Å². The Hall–Kier alpha value is -1.70. The summed E-state index contributed by atoms with van der Waals surface area (Å²) in [5, 5.41) is 10.4. The zero-order valence-corrected chi connectivity index (χ0v) is 21.3. The molecular weight excluding hydrogens is 463 g/mol. The van der Waals surface area contributed by atoms with E-state index in [-0.39, 0.29) is 30.2 Å². The monoisotopic (exact) mass is 498 g/mol. The van der Waals surface area contributed by atoms with E-state index in [1.807, 2.05) is 18.2 Å². The van der Waals surface area contributed by atoms with Crippen molar-refractivity contribution >= 4 is 24.8 Å². The molecule has 1 N–H and O–H groups in total. The van der Waals surface area contributed by atoms with Gasteiger partial charge in [-0.15, -0.1) is 24.8 Å². The Kier molecular flexibility index (Phi) is 10.1. The van der Waals surface area contributed by atoms with Crippen molar-refractivity contribution < 1.29 is 19.3 Å². The number of hydrogen-bond acceptors (Lipinski definition) is 6. The highest BCUT2D eigenvalue weighted by atomic mass is 35.5. The zero-order valence-electron chi connectivity index (χ0n) is 19.7. The molecule has 1 atom stereocenters. The number of halogens is 2. The summed E-state index contributed by atoms with van der Waals surface area (Å²) >= 11 is 0. The number of nitrogens with zero attached hydrogens (tertiary/aromatic N) is 2. The fraction of sp³-hybridized carbons (Fsp3) is 0.520. The van der Waals surface area contributed by atoms with Gasteiger partial charge in [-0.2, -0.15) is 0 Å². The van der Waals surface area contributed by atoms with Gasteiger partial charge in [0.05, 0.1) is 0 Å². The van der Waals surface area contributed by atoms with Crippen molar-refractivity contribution in [1.29, 1.82) is 0 Å². The molecule has 0 aromatic heterocycles. The molecule has 0 spiro atoms. The molecule has 6 nitrogen and oxygen atoms in total. The van der Waals surface area contributed by atoms with Crippen LogP contribution in [0.15, 0.2) is 42.5 Å². The maximum Gasteiger partial charge on any atom is 0.231 e. The summed E-state index contributed by atoms with van der Waals surface area (Å²) in [4.78, 5) is 4.75. The van der Waals surface area contributed by atoms with Crippen LogP contribution >= 0.6 is 24.8 Å². The van der Waals surface area contributed by atoms with Gasteiger partial charge in [-0.05, 0) is 40.8 Å². The molecule has 2 aliphatic rings. The molecule has 0 radical (unpaired) electrons. The smallest absolute Gasteiger partial charge is 0.231 e. The quantitative estimate of drug-likeness (QED) is 0.619. The summed E-state index contributed by atoms with van der Waals surface area (Å²) in [6.07, 6.45) is -0.497. The molecule has 2 aliphatic heterocycles. The van der Waals surface area contributed by atoms with Crippen molar-refractivity contribution in [2.24, 2.45) is 0 Å². The van der Waals surface area contributed by atoms with Gasteiger partial charge >= 0.3 is 0 Å². The van der Waals surface area contributed by atoms with Crippen LogP contribution in [0.3, 0.4) is 0 Å². The Bertz CT molecular complexity index is 866. The highest BCUT2D eigenvalue weighted by molar-refractivity contribution is 5.85. The fourth-order valence-corrected chi connectivity index (χ4v) is 4.02.